The van der Waals surface area contributed by atoms with Gasteiger partial charge >= 0.3 is 5.97 Å². The molecule has 1 N–H and O–H groups in total. The van der Waals surface area contributed by atoms with Crippen molar-refractivity contribution in [2.45, 2.75) is 25.8 Å². The number of fused-ring (bicyclic) bond motifs is 2. The number of hydrogen-bond acceptors (Lipinski definition) is 6. The zero-order chi connectivity index (χ0) is 17.3. The third-order valence-electron chi connectivity index (χ3n) is 5.99. The lowest BCUT2D eigenvalue weighted by Gasteiger charge is -2.39. The lowest BCUT2D eigenvalue weighted by molar-refractivity contribution is -0.137. The van der Waals surface area contributed by atoms with Crippen molar-refractivity contribution in [3.05, 3.63) is 11.2 Å². The van der Waals surface area contributed by atoms with Gasteiger partial charge in [0.05, 0.1) is 5.39 Å². The van der Waals surface area contributed by atoms with Crippen molar-refractivity contribution >= 4 is 39.3 Å². The normalized spacial score (nSPS) is 30.5. The van der Waals surface area contributed by atoms with Gasteiger partial charge in [-0.15, -0.1) is 0 Å². The van der Waals surface area contributed by atoms with Crippen molar-refractivity contribution in [3.8, 4) is 0 Å². The highest BCUT2D eigenvalue weighted by Crippen LogP contribution is 2.54. The largest absolute Gasteiger partial charge is 0.481 e. The standard InChI is InChI=1S/C17H19FN4O2S/c1-8-2-3-22(8)17-19-15(10-4-13(18)25-16(10)20-17)21-6-11-9(5-14(23)24)12(11)7-21/h4,8-9,11-12H,2-3,5-7H2,1H3,(H,23,24)/t8-,9-,11-,12+/m0/s1. The molecular formula is C17H19FN4O2S. The number of aliphatic carboxylic acids is 1. The van der Waals surface area contributed by atoms with Crippen LogP contribution in [0.4, 0.5) is 16.2 Å². The quantitative estimate of drug-likeness (QED) is 0.902. The third kappa shape index (κ3) is 2.38. The fraction of sp³-hybridized carbons (Fsp3) is 0.588. The lowest BCUT2D eigenvalue weighted by atomic mass is 10.1. The van der Waals surface area contributed by atoms with Gasteiger partial charge in [0.2, 0.25) is 5.95 Å². The van der Waals surface area contributed by atoms with Crippen molar-refractivity contribution in [3.63, 3.8) is 0 Å². The van der Waals surface area contributed by atoms with Gasteiger partial charge in [0.15, 0.2) is 5.13 Å². The molecule has 2 aromatic rings. The van der Waals surface area contributed by atoms with Gasteiger partial charge < -0.3 is 14.9 Å². The van der Waals surface area contributed by atoms with Crippen LogP contribution in [-0.4, -0.2) is 46.7 Å². The first-order valence-electron chi connectivity index (χ1n) is 8.71. The first-order valence-corrected chi connectivity index (χ1v) is 9.53. The Balaban J connectivity index is 1.46. The molecule has 1 aliphatic carbocycles. The van der Waals surface area contributed by atoms with Gasteiger partial charge in [-0.1, -0.05) is 11.3 Å². The highest BCUT2D eigenvalue weighted by atomic mass is 32.1. The van der Waals surface area contributed by atoms with E-state index < -0.39 is 5.97 Å². The smallest absolute Gasteiger partial charge is 0.303 e. The van der Waals surface area contributed by atoms with Gasteiger partial charge in [-0.05, 0) is 37.2 Å². The Morgan fingerprint density at radius 3 is 2.76 bits per heavy atom. The number of hydrogen-bond donors (Lipinski definition) is 1. The number of anilines is 2. The molecule has 8 heteroatoms. The topological polar surface area (TPSA) is 69.6 Å². The Morgan fingerprint density at radius 1 is 1.40 bits per heavy atom. The summed E-state index contributed by atoms with van der Waals surface area (Å²) in [5, 5.41) is 9.51. The van der Waals surface area contributed by atoms with Crippen LogP contribution in [0.2, 0.25) is 0 Å². The van der Waals surface area contributed by atoms with E-state index in [-0.39, 0.29) is 11.6 Å². The number of piperidine rings is 1. The molecule has 3 aliphatic rings. The summed E-state index contributed by atoms with van der Waals surface area (Å²) in [7, 11) is 0. The van der Waals surface area contributed by atoms with Gasteiger partial charge in [-0.2, -0.15) is 9.37 Å². The van der Waals surface area contributed by atoms with Gasteiger partial charge in [-0.25, -0.2) is 4.98 Å². The number of thiophene rings is 1. The van der Waals surface area contributed by atoms with E-state index in [4.69, 9.17) is 10.1 Å². The van der Waals surface area contributed by atoms with Crippen molar-refractivity contribution in [1.82, 2.24) is 9.97 Å². The summed E-state index contributed by atoms with van der Waals surface area (Å²) in [6.07, 6.45) is 1.38. The predicted octanol–water partition coefficient (Wildman–Crippen LogP) is 2.59. The molecular weight excluding hydrogens is 343 g/mol. The number of aromatic nitrogens is 2. The number of nitrogens with zero attached hydrogens (tertiary/aromatic N) is 4. The van der Waals surface area contributed by atoms with Crippen molar-refractivity contribution < 1.29 is 14.3 Å². The molecule has 5 rings (SSSR count). The fourth-order valence-corrected chi connectivity index (χ4v) is 5.12. The van der Waals surface area contributed by atoms with E-state index in [2.05, 4.69) is 21.7 Å². The summed E-state index contributed by atoms with van der Waals surface area (Å²) in [5.41, 5.74) is 0. The van der Waals surface area contributed by atoms with E-state index >= 15 is 0 Å². The number of rotatable bonds is 4. The summed E-state index contributed by atoms with van der Waals surface area (Å²) >= 11 is 1.06. The van der Waals surface area contributed by atoms with Crippen molar-refractivity contribution in [2.24, 2.45) is 17.8 Å². The maximum atomic E-state index is 13.8. The third-order valence-corrected chi connectivity index (χ3v) is 6.81. The van der Waals surface area contributed by atoms with Crippen LogP contribution in [-0.2, 0) is 4.79 Å². The fourth-order valence-electron chi connectivity index (χ4n) is 4.38. The van der Waals surface area contributed by atoms with E-state index in [1.165, 1.54) is 6.07 Å². The molecule has 2 aromatic heterocycles. The summed E-state index contributed by atoms with van der Waals surface area (Å²) in [5.74, 6) is 1.92. The van der Waals surface area contributed by atoms with Crippen LogP contribution in [0.1, 0.15) is 19.8 Å². The van der Waals surface area contributed by atoms with Crippen LogP contribution in [0.15, 0.2) is 6.07 Å². The van der Waals surface area contributed by atoms with Gasteiger partial charge in [0.25, 0.3) is 0 Å². The Morgan fingerprint density at radius 2 is 2.16 bits per heavy atom. The molecule has 0 amide bonds. The molecule has 4 atom stereocenters. The highest BCUT2D eigenvalue weighted by Gasteiger charge is 2.56. The molecule has 0 aromatic carbocycles. The Hall–Kier alpha value is -1.96. The zero-order valence-corrected chi connectivity index (χ0v) is 14.7. The first kappa shape index (κ1) is 15.3. The number of halogens is 1. The minimum Gasteiger partial charge on any atom is -0.481 e. The molecule has 25 heavy (non-hydrogen) atoms. The van der Waals surface area contributed by atoms with Crippen LogP contribution in [0, 0.1) is 22.9 Å². The van der Waals surface area contributed by atoms with Crippen LogP contribution in [0.25, 0.3) is 10.2 Å². The Labute approximate surface area is 148 Å². The molecule has 3 fully saturated rings. The average Bonchev–Trinajstić information content (AvgIpc) is 2.90. The molecule has 1 saturated carbocycles. The average molecular weight is 362 g/mol. The summed E-state index contributed by atoms with van der Waals surface area (Å²) in [6, 6.07) is 1.94. The van der Waals surface area contributed by atoms with Crippen molar-refractivity contribution in [1.29, 1.82) is 0 Å². The molecule has 2 saturated heterocycles. The molecule has 4 heterocycles. The summed E-state index contributed by atoms with van der Waals surface area (Å²) in [6.45, 7) is 4.70. The van der Waals surface area contributed by atoms with E-state index in [0.717, 1.165) is 48.6 Å². The van der Waals surface area contributed by atoms with E-state index in [9.17, 15) is 9.18 Å². The molecule has 0 spiro atoms. The predicted molar refractivity (Wildman–Crippen MR) is 93.7 cm³/mol. The second kappa shape index (κ2) is 5.27. The molecule has 132 valence electrons. The minimum absolute atomic E-state index is 0.243. The minimum atomic E-state index is -0.718. The van der Waals surface area contributed by atoms with Crippen LogP contribution in [0.3, 0.4) is 0 Å². The number of carboxylic acid groups (broad SMARTS) is 1. The lowest BCUT2D eigenvalue weighted by Crippen LogP contribution is -2.46. The van der Waals surface area contributed by atoms with E-state index in [1.54, 1.807) is 0 Å². The maximum absolute atomic E-state index is 13.8. The molecule has 6 nitrogen and oxygen atoms in total. The van der Waals surface area contributed by atoms with Gasteiger partial charge in [0, 0.05) is 32.1 Å². The second-order valence-corrected chi connectivity index (χ2v) is 8.42. The van der Waals surface area contributed by atoms with Crippen LogP contribution in [0.5, 0.6) is 0 Å². The number of carboxylic acids is 1. The summed E-state index contributed by atoms with van der Waals surface area (Å²) < 4.78 is 13.8. The Kier molecular flexibility index (Phi) is 3.22. The van der Waals surface area contributed by atoms with E-state index in [1.807, 2.05) is 0 Å². The zero-order valence-electron chi connectivity index (χ0n) is 13.9. The molecule has 2 aliphatic heterocycles. The monoisotopic (exact) mass is 362 g/mol. The van der Waals surface area contributed by atoms with Crippen LogP contribution < -0.4 is 9.80 Å². The maximum Gasteiger partial charge on any atom is 0.303 e. The van der Waals surface area contributed by atoms with Crippen molar-refractivity contribution in [2.75, 3.05) is 29.4 Å². The van der Waals surface area contributed by atoms with Gasteiger partial charge in [-0.3, -0.25) is 4.79 Å². The highest BCUT2D eigenvalue weighted by molar-refractivity contribution is 7.17. The number of carbonyl (C=O) groups is 1. The van der Waals surface area contributed by atoms with Crippen LogP contribution >= 0.6 is 11.3 Å². The Bertz CT molecular complexity index is 860. The summed E-state index contributed by atoms with van der Waals surface area (Å²) in [4.78, 5) is 25.3. The molecule has 0 bridgehead atoms. The second-order valence-electron chi connectivity index (χ2n) is 7.44. The van der Waals surface area contributed by atoms with E-state index in [0.29, 0.717) is 34.6 Å². The SMILES string of the molecule is C[C@H]1CCN1c1nc(N2C[C@@H]3[C@@H](CC(=O)O)[C@@H]3C2)c2cc(F)sc2n1. The molecule has 0 unspecified atom stereocenters. The van der Waals surface area contributed by atoms with Gasteiger partial charge in [0.1, 0.15) is 10.6 Å². The first-order chi connectivity index (χ1) is 12.0. The molecule has 0 radical (unpaired) electrons.